The van der Waals surface area contributed by atoms with Crippen molar-refractivity contribution in [3.63, 3.8) is 0 Å². The monoisotopic (exact) mass is 377 g/mol. The number of nitrogens with two attached hydrogens (primary N) is 1. The lowest BCUT2D eigenvalue weighted by Crippen LogP contribution is -2.54. The van der Waals surface area contributed by atoms with Crippen molar-refractivity contribution in [2.45, 2.75) is 25.3 Å². The molecule has 2 heterocycles. The second-order valence-corrected chi connectivity index (χ2v) is 6.95. The lowest BCUT2D eigenvalue weighted by atomic mass is 9.98. The van der Waals surface area contributed by atoms with Gasteiger partial charge in [0.1, 0.15) is 6.04 Å². The van der Waals surface area contributed by atoms with Crippen LogP contribution >= 0.6 is 0 Å². The first-order valence-corrected chi connectivity index (χ1v) is 9.14. The van der Waals surface area contributed by atoms with Crippen LogP contribution in [-0.2, 0) is 16.0 Å². The summed E-state index contributed by atoms with van der Waals surface area (Å²) in [7, 11) is 0. The van der Waals surface area contributed by atoms with Crippen LogP contribution in [-0.4, -0.2) is 41.1 Å². The largest absolute Gasteiger partial charge is 0.330 e. The Morgan fingerprint density at radius 2 is 1.71 bits per heavy atom. The number of fused-ring (bicyclic) bond motifs is 1. The van der Waals surface area contributed by atoms with E-state index in [1.165, 1.54) is 0 Å². The van der Waals surface area contributed by atoms with Crippen LogP contribution in [0.25, 0.3) is 11.1 Å². The first kappa shape index (κ1) is 18.1. The highest BCUT2D eigenvalue weighted by atomic mass is 16.2. The molecule has 7 heteroatoms. The van der Waals surface area contributed by atoms with E-state index in [2.05, 4.69) is 5.32 Å². The number of piperidine rings is 1. The molecular formula is C21H19N3O4. The standard InChI is InChI=1S/C21H19N3O4/c22-9-8-12-2-1-3-13(10-12)14-4-5-15-16(11-14)21(28)24(20(15)27)17-6-7-18(25)23-19(17)26/h1-5,10-11,17H,6-9,22H2,(H,23,25,26). The molecule has 2 aliphatic rings. The fourth-order valence-electron chi connectivity index (χ4n) is 3.72. The molecule has 0 aliphatic carbocycles. The Labute approximate surface area is 161 Å². The summed E-state index contributed by atoms with van der Waals surface area (Å²) in [5.74, 6) is -2.01. The Kier molecular flexibility index (Phi) is 4.52. The molecule has 3 N–H and O–H groups in total. The smallest absolute Gasteiger partial charge is 0.262 e. The van der Waals surface area contributed by atoms with Gasteiger partial charge in [-0.1, -0.05) is 30.3 Å². The van der Waals surface area contributed by atoms with Crippen molar-refractivity contribution in [1.82, 2.24) is 10.2 Å². The molecule has 142 valence electrons. The van der Waals surface area contributed by atoms with Crippen molar-refractivity contribution in [2.75, 3.05) is 6.54 Å². The van der Waals surface area contributed by atoms with E-state index in [1.807, 2.05) is 24.3 Å². The van der Waals surface area contributed by atoms with Gasteiger partial charge in [0.15, 0.2) is 0 Å². The van der Waals surface area contributed by atoms with E-state index in [9.17, 15) is 19.2 Å². The molecule has 28 heavy (non-hydrogen) atoms. The molecule has 4 amide bonds. The molecule has 0 radical (unpaired) electrons. The molecule has 0 bridgehead atoms. The number of rotatable bonds is 4. The lowest BCUT2D eigenvalue weighted by Gasteiger charge is -2.27. The van der Waals surface area contributed by atoms with Gasteiger partial charge in [-0.05, 0) is 48.2 Å². The number of benzene rings is 2. The number of carbonyl (C=O) groups is 4. The molecule has 1 saturated heterocycles. The summed E-state index contributed by atoms with van der Waals surface area (Å²) in [6.07, 6.45) is 0.993. The van der Waals surface area contributed by atoms with E-state index in [0.717, 1.165) is 28.0 Å². The number of nitrogens with one attached hydrogen (secondary N) is 1. The third kappa shape index (κ3) is 2.99. The minimum atomic E-state index is -0.957. The Morgan fingerprint density at radius 1 is 0.964 bits per heavy atom. The maximum absolute atomic E-state index is 12.9. The van der Waals surface area contributed by atoms with Gasteiger partial charge in [0.2, 0.25) is 11.8 Å². The lowest BCUT2D eigenvalue weighted by molar-refractivity contribution is -0.136. The van der Waals surface area contributed by atoms with Crippen LogP contribution in [0.15, 0.2) is 42.5 Å². The van der Waals surface area contributed by atoms with E-state index in [0.29, 0.717) is 6.54 Å². The Hall–Kier alpha value is -3.32. The van der Waals surface area contributed by atoms with Gasteiger partial charge in [-0.3, -0.25) is 29.4 Å². The number of imide groups is 2. The fraction of sp³-hybridized carbons (Fsp3) is 0.238. The van der Waals surface area contributed by atoms with Crippen LogP contribution in [0.4, 0.5) is 0 Å². The highest BCUT2D eigenvalue weighted by Crippen LogP contribution is 2.31. The molecule has 0 saturated carbocycles. The molecule has 1 atom stereocenters. The van der Waals surface area contributed by atoms with Crippen LogP contribution in [0.1, 0.15) is 39.1 Å². The highest BCUT2D eigenvalue weighted by molar-refractivity contribution is 6.23. The molecule has 2 aliphatic heterocycles. The molecule has 2 aromatic carbocycles. The predicted octanol–water partition coefficient (Wildman–Crippen LogP) is 1.26. The van der Waals surface area contributed by atoms with E-state index >= 15 is 0 Å². The summed E-state index contributed by atoms with van der Waals surface area (Å²) < 4.78 is 0. The Balaban J connectivity index is 1.67. The van der Waals surface area contributed by atoms with Crippen molar-refractivity contribution in [3.8, 4) is 11.1 Å². The average Bonchev–Trinajstić information content (AvgIpc) is 2.93. The van der Waals surface area contributed by atoms with Crippen LogP contribution in [0.2, 0.25) is 0 Å². The van der Waals surface area contributed by atoms with Crippen LogP contribution in [0.3, 0.4) is 0 Å². The first-order valence-electron chi connectivity index (χ1n) is 9.14. The summed E-state index contributed by atoms with van der Waals surface area (Å²) >= 11 is 0. The van der Waals surface area contributed by atoms with Gasteiger partial charge in [0.25, 0.3) is 11.8 Å². The van der Waals surface area contributed by atoms with Crippen LogP contribution < -0.4 is 11.1 Å². The molecule has 7 nitrogen and oxygen atoms in total. The molecule has 0 spiro atoms. The van der Waals surface area contributed by atoms with E-state index in [4.69, 9.17) is 5.73 Å². The second kappa shape index (κ2) is 7.01. The minimum absolute atomic E-state index is 0.100. The zero-order valence-electron chi connectivity index (χ0n) is 15.1. The van der Waals surface area contributed by atoms with Crippen molar-refractivity contribution in [2.24, 2.45) is 5.73 Å². The summed E-state index contributed by atoms with van der Waals surface area (Å²) in [6, 6.07) is 12.0. The van der Waals surface area contributed by atoms with Gasteiger partial charge >= 0.3 is 0 Å². The Morgan fingerprint density at radius 3 is 2.46 bits per heavy atom. The quantitative estimate of drug-likeness (QED) is 0.780. The summed E-state index contributed by atoms with van der Waals surface area (Å²) in [6.45, 7) is 0.543. The zero-order chi connectivity index (χ0) is 19.8. The normalized spacial score (nSPS) is 19.0. The summed E-state index contributed by atoms with van der Waals surface area (Å²) in [5.41, 5.74) is 8.99. The summed E-state index contributed by atoms with van der Waals surface area (Å²) in [4.78, 5) is 50.1. The van der Waals surface area contributed by atoms with Gasteiger partial charge in [-0.15, -0.1) is 0 Å². The number of carbonyl (C=O) groups excluding carboxylic acids is 4. The van der Waals surface area contributed by atoms with E-state index in [-0.39, 0.29) is 24.0 Å². The Bertz CT molecular complexity index is 1010. The van der Waals surface area contributed by atoms with Gasteiger partial charge in [0.05, 0.1) is 11.1 Å². The number of hydrogen-bond donors (Lipinski definition) is 2. The number of hydrogen-bond acceptors (Lipinski definition) is 5. The first-order chi connectivity index (χ1) is 13.5. The van der Waals surface area contributed by atoms with Crippen molar-refractivity contribution < 1.29 is 19.2 Å². The fourth-order valence-corrected chi connectivity index (χ4v) is 3.72. The molecule has 4 rings (SSSR count). The highest BCUT2D eigenvalue weighted by Gasteiger charge is 2.44. The van der Waals surface area contributed by atoms with E-state index in [1.54, 1.807) is 18.2 Å². The van der Waals surface area contributed by atoms with E-state index < -0.39 is 29.7 Å². The maximum Gasteiger partial charge on any atom is 0.262 e. The molecule has 2 aromatic rings. The minimum Gasteiger partial charge on any atom is -0.330 e. The van der Waals surface area contributed by atoms with Crippen molar-refractivity contribution >= 4 is 23.6 Å². The molecule has 1 fully saturated rings. The van der Waals surface area contributed by atoms with Gasteiger partial charge in [0, 0.05) is 6.42 Å². The zero-order valence-corrected chi connectivity index (χ0v) is 15.1. The third-order valence-corrected chi connectivity index (χ3v) is 5.13. The predicted molar refractivity (Wildman–Crippen MR) is 101 cm³/mol. The van der Waals surface area contributed by atoms with Gasteiger partial charge in [-0.25, -0.2) is 0 Å². The van der Waals surface area contributed by atoms with Crippen molar-refractivity contribution in [1.29, 1.82) is 0 Å². The van der Waals surface area contributed by atoms with Crippen LogP contribution in [0, 0.1) is 0 Å². The number of amides is 4. The molecule has 1 unspecified atom stereocenters. The number of nitrogens with zero attached hydrogens (tertiary/aromatic N) is 1. The topological polar surface area (TPSA) is 110 Å². The molecular weight excluding hydrogens is 358 g/mol. The summed E-state index contributed by atoms with van der Waals surface area (Å²) in [5, 5.41) is 2.20. The van der Waals surface area contributed by atoms with Crippen LogP contribution in [0.5, 0.6) is 0 Å². The maximum atomic E-state index is 12.9. The van der Waals surface area contributed by atoms with Gasteiger partial charge < -0.3 is 5.73 Å². The SMILES string of the molecule is NCCc1cccc(-c2ccc3c(c2)C(=O)N(C2CCC(=O)NC2=O)C3=O)c1. The van der Waals surface area contributed by atoms with Crippen molar-refractivity contribution in [3.05, 3.63) is 59.2 Å². The average molecular weight is 377 g/mol. The van der Waals surface area contributed by atoms with Gasteiger partial charge in [-0.2, -0.15) is 0 Å². The second-order valence-electron chi connectivity index (χ2n) is 6.95. The molecule has 0 aromatic heterocycles. The third-order valence-electron chi connectivity index (χ3n) is 5.13.